The second-order valence-corrected chi connectivity index (χ2v) is 3.55. The molecule has 0 spiro atoms. The van der Waals surface area contributed by atoms with Crippen LogP contribution < -0.4 is 5.73 Å². The zero-order valence-electron chi connectivity index (χ0n) is 6.03. The van der Waals surface area contributed by atoms with Crippen molar-refractivity contribution in [2.45, 2.75) is 6.04 Å². The number of carbonyl (C=O) groups is 1. The highest BCUT2D eigenvalue weighted by Crippen LogP contribution is 1.87. The van der Waals surface area contributed by atoms with Crippen molar-refractivity contribution in [3.05, 3.63) is 12.7 Å². The van der Waals surface area contributed by atoms with Crippen molar-refractivity contribution in [2.24, 2.45) is 5.73 Å². The number of carboxylic acid groups (broad SMARTS) is 1. The first-order valence-electron chi connectivity index (χ1n) is 3.02. The molecular weight excluding hydrogens is 166 g/mol. The Labute approximate surface area is 67.5 Å². The second kappa shape index (κ2) is 5.03. The lowest BCUT2D eigenvalue weighted by Gasteiger charge is -2.03. The van der Waals surface area contributed by atoms with Crippen LogP contribution in [-0.4, -0.2) is 32.8 Å². The Morgan fingerprint density at radius 1 is 1.82 bits per heavy atom. The average molecular weight is 177 g/mol. The number of rotatable bonds is 5. The summed E-state index contributed by atoms with van der Waals surface area (Å²) in [5.41, 5.74) is 5.12. The van der Waals surface area contributed by atoms with Crippen molar-refractivity contribution in [3.8, 4) is 0 Å². The van der Waals surface area contributed by atoms with Gasteiger partial charge in [0.25, 0.3) is 0 Å². The van der Waals surface area contributed by atoms with Crippen LogP contribution in [-0.2, 0) is 15.6 Å². The average Bonchev–Trinajstić information content (AvgIpc) is 1.87. The Balaban J connectivity index is 3.74. The Bertz CT molecular complexity index is 181. The minimum absolute atomic E-state index is 0.0125. The normalized spacial score (nSPS) is 15.4. The molecule has 4 nitrogen and oxygen atoms in total. The lowest BCUT2D eigenvalue weighted by atomic mass is 10.4. The van der Waals surface area contributed by atoms with Crippen molar-refractivity contribution in [1.29, 1.82) is 0 Å². The molecule has 0 aliphatic carbocycles. The Hall–Kier alpha value is -0.680. The van der Waals surface area contributed by atoms with Crippen LogP contribution in [0.5, 0.6) is 0 Å². The molecule has 0 aromatic rings. The molecule has 0 rings (SSSR count). The van der Waals surface area contributed by atoms with Gasteiger partial charge in [-0.2, -0.15) is 0 Å². The predicted molar refractivity (Wildman–Crippen MR) is 43.7 cm³/mol. The fourth-order valence-corrected chi connectivity index (χ4v) is 1.41. The van der Waals surface area contributed by atoms with Crippen LogP contribution in [0.4, 0.5) is 0 Å². The molecule has 0 saturated heterocycles. The van der Waals surface area contributed by atoms with Gasteiger partial charge in [-0.05, 0) is 0 Å². The van der Waals surface area contributed by atoms with Gasteiger partial charge in [0.2, 0.25) is 0 Å². The van der Waals surface area contributed by atoms with Crippen LogP contribution in [0, 0.1) is 0 Å². The van der Waals surface area contributed by atoms with E-state index in [1.807, 2.05) is 0 Å². The molecule has 0 radical (unpaired) electrons. The molecule has 0 aliphatic rings. The first kappa shape index (κ1) is 10.3. The van der Waals surface area contributed by atoms with E-state index < -0.39 is 22.8 Å². The van der Waals surface area contributed by atoms with Crippen LogP contribution in [0.1, 0.15) is 0 Å². The van der Waals surface area contributed by atoms with Gasteiger partial charge in [0.1, 0.15) is 6.04 Å². The van der Waals surface area contributed by atoms with Crippen molar-refractivity contribution in [2.75, 3.05) is 11.5 Å². The van der Waals surface area contributed by atoms with Gasteiger partial charge in [-0.25, -0.2) is 0 Å². The number of hydrogen-bond acceptors (Lipinski definition) is 3. The monoisotopic (exact) mass is 177 g/mol. The molecule has 5 heteroatoms. The molecular formula is C6H11NO3S. The van der Waals surface area contributed by atoms with Crippen LogP contribution in [0.2, 0.25) is 0 Å². The Morgan fingerprint density at radius 2 is 2.36 bits per heavy atom. The van der Waals surface area contributed by atoms with E-state index in [9.17, 15) is 9.00 Å². The summed E-state index contributed by atoms with van der Waals surface area (Å²) in [6.07, 6.45) is 1.48. The van der Waals surface area contributed by atoms with E-state index in [-0.39, 0.29) is 5.75 Å². The highest BCUT2D eigenvalue weighted by Gasteiger charge is 2.13. The van der Waals surface area contributed by atoms with Crippen molar-refractivity contribution in [3.63, 3.8) is 0 Å². The number of hydrogen-bond donors (Lipinski definition) is 2. The largest absolute Gasteiger partial charge is 0.480 e. The molecule has 11 heavy (non-hydrogen) atoms. The molecule has 0 bridgehead atoms. The smallest absolute Gasteiger partial charge is 0.321 e. The standard InChI is InChI=1S/C6H11NO3S/c1-2-3-11(10)4-5(7)6(8)9/h2,5H,1,3-4,7H2,(H,8,9)/t5?,11-/m1/s1. The van der Waals surface area contributed by atoms with E-state index in [1.54, 1.807) is 0 Å². The molecule has 0 heterocycles. The maximum Gasteiger partial charge on any atom is 0.321 e. The third-order valence-corrected chi connectivity index (χ3v) is 2.32. The summed E-state index contributed by atoms with van der Waals surface area (Å²) < 4.78 is 10.9. The van der Waals surface area contributed by atoms with Crippen molar-refractivity contribution < 1.29 is 14.1 Å². The van der Waals surface area contributed by atoms with Gasteiger partial charge in [0, 0.05) is 22.3 Å². The van der Waals surface area contributed by atoms with Gasteiger partial charge < -0.3 is 10.8 Å². The topological polar surface area (TPSA) is 80.4 Å². The molecule has 0 amide bonds. The van der Waals surface area contributed by atoms with Gasteiger partial charge in [-0.3, -0.25) is 9.00 Å². The van der Waals surface area contributed by atoms with E-state index in [2.05, 4.69) is 6.58 Å². The summed E-state index contributed by atoms with van der Waals surface area (Å²) in [5.74, 6) is -0.843. The third-order valence-electron chi connectivity index (χ3n) is 0.986. The minimum Gasteiger partial charge on any atom is -0.480 e. The highest BCUT2D eigenvalue weighted by molar-refractivity contribution is 7.85. The van der Waals surface area contributed by atoms with Gasteiger partial charge >= 0.3 is 5.97 Å². The Morgan fingerprint density at radius 3 is 2.73 bits per heavy atom. The quantitative estimate of drug-likeness (QED) is 0.546. The van der Waals surface area contributed by atoms with E-state index in [0.717, 1.165) is 0 Å². The first-order chi connectivity index (χ1) is 5.07. The molecule has 0 fully saturated rings. The van der Waals surface area contributed by atoms with Crippen molar-refractivity contribution in [1.82, 2.24) is 0 Å². The van der Waals surface area contributed by atoms with E-state index in [0.29, 0.717) is 5.75 Å². The molecule has 3 N–H and O–H groups in total. The fourth-order valence-electron chi connectivity index (χ4n) is 0.471. The van der Waals surface area contributed by atoms with Crippen LogP contribution in [0.3, 0.4) is 0 Å². The van der Waals surface area contributed by atoms with E-state index in [1.165, 1.54) is 6.08 Å². The summed E-state index contributed by atoms with van der Waals surface area (Å²) in [5, 5.41) is 8.31. The summed E-state index contributed by atoms with van der Waals surface area (Å²) in [6, 6.07) is -1.03. The summed E-state index contributed by atoms with van der Waals surface area (Å²) in [6.45, 7) is 3.37. The SMILES string of the molecule is C=CC[S@@](=O)CC(N)C(=O)O. The second-order valence-electron chi connectivity index (χ2n) is 2.01. The molecule has 2 atom stereocenters. The predicted octanol–water partition coefficient (Wildman–Crippen LogP) is -0.667. The molecule has 1 unspecified atom stereocenters. The Kier molecular flexibility index (Phi) is 4.72. The highest BCUT2D eigenvalue weighted by atomic mass is 32.2. The van der Waals surface area contributed by atoms with Crippen molar-refractivity contribution >= 4 is 16.8 Å². The summed E-state index contributed by atoms with van der Waals surface area (Å²) >= 11 is 0. The molecule has 0 saturated carbocycles. The minimum atomic E-state index is -1.19. The maximum atomic E-state index is 10.9. The van der Waals surface area contributed by atoms with Gasteiger partial charge in [-0.15, -0.1) is 6.58 Å². The number of aliphatic carboxylic acids is 1. The molecule has 0 aromatic carbocycles. The summed E-state index contributed by atoms with van der Waals surface area (Å²) in [4.78, 5) is 10.2. The fraction of sp³-hybridized carbons (Fsp3) is 0.500. The van der Waals surface area contributed by atoms with E-state index >= 15 is 0 Å². The van der Waals surface area contributed by atoms with Gasteiger partial charge in [0.05, 0.1) is 0 Å². The summed E-state index contributed by atoms with van der Waals surface area (Å²) in [7, 11) is -1.19. The van der Waals surface area contributed by atoms with Crippen LogP contribution in [0.15, 0.2) is 12.7 Å². The van der Waals surface area contributed by atoms with Gasteiger partial charge in [-0.1, -0.05) is 6.08 Å². The van der Waals surface area contributed by atoms with E-state index in [4.69, 9.17) is 10.8 Å². The first-order valence-corrected chi connectivity index (χ1v) is 4.51. The third kappa shape index (κ3) is 4.69. The lowest BCUT2D eigenvalue weighted by molar-refractivity contribution is -0.137. The van der Waals surface area contributed by atoms with Crippen LogP contribution >= 0.6 is 0 Å². The molecule has 64 valence electrons. The number of carboxylic acids is 1. The molecule has 0 aromatic heterocycles. The maximum absolute atomic E-state index is 10.9. The molecule has 0 aliphatic heterocycles. The zero-order valence-corrected chi connectivity index (χ0v) is 6.84. The zero-order chi connectivity index (χ0) is 8.85. The van der Waals surface area contributed by atoms with Gasteiger partial charge in [0.15, 0.2) is 0 Å². The number of nitrogens with two attached hydrogens (primary N) is 1. The lowest BCUT2D eigenvalue weighted by Crippen LogP contribution is -2.35. The van der Waals surface area contributed by atoms with Crippen LogP contribution in [0.25, 0.3) is 0 Å².